The van der Waals surface area contributed by atoms with Crippen LogP contribution in [0.25, 0.3) is 17.0 Å². The lowest BCUT2D eigenvalue weighted by Gasteiger charge is -2.00. The summed E-state index contributed by atoms with van der Waals surface area (Å²) in [5.41, 5.74) is 2.55. The van der Waals surface area contributed by atoms with Crippen molar-refractivity contribution in [1.82, 2.24) is 14.4 Å². The third-order valence-electron chi connectivity index (χ3n) is 2.84. The van der Waals surface area contributed by atoms with Crippen molar-refractivity contribution in [3.8, 4) is 17.5 Å². The van der Waals surface area contributed by atoms with Gasteiger partial charge in [0.15, 0.2) is 0 Å². The quantitative estimate of drug-likeness (QED) is 0.704. The van der Waals surface area contributed by atoms with Crippen LogP contribution in [0.4, 0.5) is 4.39 Å². The summed E-state index contributed by atoms with van der Waals surface area (Å²) in [7, 11) is 0. The molecule has 0 saturated heterocycles. The predicted molar refractivity (Wildman–Crippen MR) is 67.7 cm³/mol. The molecule has 0 aliphatic rings. The third kappa shape index (κ3) is 1.93. The van der Waals surface area contributed by atoms with E-state index in [1.165, 1.54) is 12.3 Å². The van der Waals surface area contributed by atoms with Crippen molar-refractivity contribution >= 4 is 5.65 Å². The molecule has 0 fully saturated rings. The lowest BCUT2D eigenvalue weighted by Crippen LogP contribution is -1.95. The highest BCUT2D eigenvalue weighted by molar-refractivity contribution is 5.63. The highest BCUT2D eigenvalue weighted by Gasteiger charge is 2.14. The Morgan fingerprint density at radius 1 is 1.26 bits per heavy atom. The van der Waals surface area contributed by atoms with Crippen LogP contribution in [-0.2, 0) is 6.42 Å². The van der Waals surface area contributed by atoms with Gasteiger partial charge in [0.25, 0.3) is 0 Å². The van der Waals surface area contributed by atoms with Crippen LogP contribution >= 0.6 is 0 Å². The van der Waals surface area contributed by atoms with Crippen LogP contribution in [0.1, 0.15) is 5.69 Å². The maximum atomic E-state index is 13.3. The van der Waals surface area contributed by atoms with Gasteiger partial charge in [-0.3, -0.25) is 9.38 Å². The van der Waals surface area contributed by atoms with Gasteiger partial charge >= 0.3 is 0 Å². The number of aromatic nitrogens is 3. The van der Waals surface area contributed by atoms with Gasteiger partial charge in [0.1, 0.15) is 17.2 Å². The first-order valence-corrected chi connectivity index (χ1v) is 5.74. The Bertz CT molecular complexity index is 771. The van der Waals surface area contributed by atoms with E-state index in [0.29, 0.717) is 22.7 Å². The minimum absolute atomic E-state index is 0.149. The number of hydrogen-bond acceptors (Lipinski definition) is 3. The smallest absolute Gasteiger partial charge is 0.139 e. The summed E-state index contributed by atoms with van der Waals surface area (Å²) in [5.74, 6) is -0.364. The van der Waals surface area contributed by atoms with Crippen molar-refractivity contribution in [1.29, 1.82) is 5.26 Å². The normalized spacial score (nSPS) is 10.5. The lowest BCUT2D eigenvalue weighted by molar-refractivity contribution is 0.618. The number of pyridine rings is 2. The van der Waals surface area contributed by atoms with Gasteiger partial charge in [-0.15, -0.1) is 0 Å². The van der Waals surface area contributed by atoms with Gasteiger partial charge in [0.05, 0.1) is 23.9 Å². The Labute approximate surface area is 108 Å². The molecule has 0 N–H and O–H groups in total. The van der Waals surface area contributed by atoms with E-state index < -0.39 is 0 Å². The summed E-state index contributed by atoms with van der Waals surface area (Å²) in [6.45, 7) is 0. The molecule has 3 heterocycles. The molecule has 0 radical (unpaired) electrons. The molecule has 92 valence electrons. The van der Waals surface area contributed by atoms with Crippen molar-refractivity contribution in [3.63, 3.8) is 0 Å². The van der Waals surface area contributed by atoms with Crippen LogP contribution in [0.15, 0.2) is 42.7 Å². The second-order valence-corrected chi connectivity index (χ2v) is 4.03. The van der Waals surface area contributed by atoms with E-state index in [4.69, 9.17) is 5.26 Å². The van der Waals surface area contributed by atoms with Crippen LogP contribution in [-0.4, -0.2) is 14.4 Å². The van der Waals surface area contributed by atoms with Crippen molar-refractivity contribution in [3.05, 3.63) is 54.2 Å². The molecule has 0 atom stereocenters. The minimum Gasteiger partial charge on any atom is -0.299 e. The molecule has 0 saturated carbocycles. The molecular weight excluding hydrogens is 243 g/mol. The average molecular weight is 252 g/mol. The number of nitriles is 1. The summed E-state index contributed by atoms with van der Waals surface area (Å²) < 4.78 is 14.9. The first kappa shape index (κ1) is 11.4. The molecule has 5 heteroatoms. The Morgan fingerprint density at radius 2 is 2.16 bits per heavy atom. The predicted octanol–water partition coefficient (Wildman–Crippen LogP) is 2.60. The molecule has 0 bridgehead atoms. The molecule has 0 amide bonds. The van der Waals surface area contributed by atoms with Crippen LogP contribution in [0.5, 0.6) is 0 Å². The van der Waals surface area contributed by atoms with E-state index in [1.54, 1.807) is 16.7 Å². The van der Waals surface area contributed by atoms with Gasteiger partial charge in [-0.25, -0.2) is 9.37 Å². The fraction of sp³-hybridized carbons (Fsp3) is 0.0714. The second kappa shape index (κ2) is 4.50. The van der Waals surface area contributed by atoms with Crippen LogP contribution in [0, 0.1) is 17.1 Å². The number of imidazole rings is 1. The number of nitrogens with zero attached hydrogens (tertiary/aromatic N) is 4. The molecule has 0 unspecified atom stereocenters. The summed E-state index contributed by atoms with van der Waals surface area (Å²) in [6, 6.07) is 10.5. The van der Waals surface area contributed by atoms with Crippen LogP contribution in [0.2, 0.25) is 0 Å². The van der Waals surface area contributed by atoms with E-state index in [-0.39, 0.29) is 12.2 Å². The Balaban J connectivity index is 2.30. The van der Waals surface area contributed by atoms with Crippen molar-refractivity contribution in [2.75, 3.05) is 0 Å². The zero-order valence-electron chi connectivity index (χ0n) is 9.92. The molecule has 3 aromatic heterocycles. The van der Waals surface area contributed by atoms with Crippen LogP contribution in [0.3, 0.4) is 0 Å². The van der Waals surface area contributed by atoms with E-state index in [9.17, 15) is 4.39 Å². The molecule has 0 spiro atoms. The highest BCUT2D eigenvalue weighted by Crippen LogP contribution is 2.23. The first-order valence-electron chi connectivity index (χ1n) is 5.74. The molecule has 3 aromatic rings. The highest BCUT2D eigenvalue weighted by atomic mass is 19.1. The van der Waals surface area contributed by atoms with Gasteiger partial charge < -0.3 is 0 Å². The topological polar surface area (TPSA) is 54.0 Å². The molecular formula is C14H9FN4. The zero-order valence-corrected chi connectivity index (χ0v) is 9.92. The number of halogens is 1. The maximum absolute atomic E-state index is 13.3. The van der Waals surface area contributed by atoms with Crippen molar-refractivity contribution in [2.45, 2.75) is 6.42 Å². The van der Waals surface area contributed by atoms with Gasteiger partial charge in [-0.2, -0.15) is 5.26 Å². The van der Waals surface area contributed by atoms with Gasteiger partial charge in [0, 0.05) is 12.4 Å². The summed E-state index contributed by atoms with van der Waals surface area (Å²) in [5, 5.41) is 8.93. The van der Waals surface area contributed by atoms with Gasteiger partial charge in [0.2, 0.25) is 0 Å². The number of hydrogen-bond donors (Lipinski definition) is 0. The average Bonchev–Trinajstić information content (AvgIpc) is 2.79. The SMILES string of the molecule is N#CCc1c(-c2ccccn2)nc2ccc(F)cn12. The molecule has 4 nitrogen and oxygen atoms in total. The standard InChI is InChI=1S/C14H9FN4/c15-10-4-5-13-18-14(11-3-1-2-8-17-11)12(6-7-16)19(13)9-10/h1-5,8-9H,6H2. The Hall–Kier alpha value is -2.74. The van der Waals surface area contributed by atoms with Crippen LogP contribution < -0.4 is 0 Å². The first-order chi connectivity index (χ1) is 9.29. The minimum atomic E-state index is -0.364. The Morgan fingerprint density at radius 3 is 2.89 bits per heavy atom. The van der Waals surface area contributed by atoms with Gasteiger partial charge in [-0.05, 0) is 24.3 Å². The summed E-state index contributed by atoms with van der Waals surface area (Å²) in [6.07, 6.45) is 3.15. The van der Waals surface area contributed by atoms with E-state index in [2.05, 4.69) is 16.0 Å². The molecule has 3 rings (SSSR count). The molecule has 19 heavy (non-hydrogen) atoms. The second-order valence-electron chi connectivity index (χ2n) is 4.03. The molecule has 0 aromatic carbocycles. The van der Waals surface area contributed by atoms with E-state index in [0.717, 1.165) is 0 Å². The van der Waals surface area contributed by atoms with Crippen molar-refractivity contribution < 1.29 is 4.39 Å². The van der Waals surface area contributed by atoms with E-state index >= 15 is 0 Å². The van der Waals surface area contributed by atoms with E-state index in [1.807, 2.05) is 18.2 Å². The number of rotatable bonds is 2. The third-order valence-corrected chi connectivity index (χ3v) is 2.84. The zero-order chi connectivity index (χ0) is 13.2. The van der Waals surface area contributed by atoms with Crippen molar-refractivity contribution in [2.24, 2.45) is 0 Å². The fourth-order valence-corrected chi connectivity index (χ4v) is 2.02. The lowest BCUT2D eigenvalue weighted by atomic mass is 10.2. The Kier molecular flexibility index (Phi) is 2.69. The monoisotopic (exact) mass is 252 g/mol. The summed E-state index contributed by atoms with van der Waals surface area (Å²) in [4.78, 5) is 8.66. The largest absolute Gasteiger partial charge is 0.299 e. The molecule has 0 aliphatic carbocycles. The summed E-state index contributed by atoms with van der Waals surface area (Å²) >= 11 is 0. The van der Waals surface area contributed by atoms with Gasteiger partial charge in [-0.1, -0.05) is 6.07 Å². The number of fused-ring (bicyclic) bond motifs is 1. The molecule has 0 aliphatic heterocycles. The maximum Gasteiger partial charge on any atom is 0.139 e. The fourth-order valence-electron chi connectivity index (χ4n) is 2.02.